The van der Waals surface area contributed by atoms with Gasteiger partial charge in [0.15, 0.2) is 5.65 Å². The van der Waals surface area contributed by atoms with Gasteiger partial charge in [0.2, 0.25) is 5.95 Å². The van der Waals surface area contributed by atoms with Crippen LogP contribution in [-0.4, -0.2) is 32.8 Å². The lowest BCUT2D eigenvalue weighted by Crippen LogP contribution is -2.15. The number of nitrogens with two attached hydrogens (primary N) is 1. The Morgan fingerprint density at radius 3 is 2.63 bits per heavy atom. The molecule has 4 aromatic rings. The summed E-state index contributed by atoms with van der Waals surface area (Å²) in [6, 6.07) is 18.5. The van der Waals surface area contributed by atoms with Crippen LogP contribution in [0.2, 0.25) is 0 Å². The van der Waals surface area contributed by atoms with E-state index in [1.165, 1.54) is 5.56 Å². The number of fused-ring (bicyclic) bond motifs is 1. The van der Waals surface area contributed by atoms with Gasteiger partial charge in [0.25, 0.3) is 0 Å². The van der Waals surface area contributed by atoms with Crippen molar-refractivity contribution in [3.05, 3.63) is 60.8 Å². The van der Waals surface area contributed by atoms with Gasteiger partial charge in [-0.1, -0.05) is 42.5 Å². The molecular weight excluding hydrogens is 338 g/mol. The molecule has 0 saturated carbocycles. The average Bonchev–Trinajstić information content (AvgIpc) is 3.08. The average molecular weight is 359 g/mol. The molecule has 4 rings (SSSR count). The second kappa shape index (κ2) is 7.43. The minimum atomic E-state index is 0.509. The summed E-state index contributed by atoms with van der Waals surface area (Å²) in [7, 11) is 1.86. The second-order valence-electron chi connectivity index (χ2n) is 6.19. The van der Waals surface area contributed by atoms with E-state index in [9.17, 15) is 0 Å². The third-order valence-electron chi connectivity index (χ3n) is 4.25. The maximum absolute atomic E-state index is 5.58. The molecule has 0 unspecified atom stereocenters. The van der Waals surface area contributed by atoms with Crippen LogP contribution in [0, 0.1) is 0 Å². The lowest BCUT2D eigenvalue weighted by Gasteiger charge is -2.11. The summed E-state index contributed by atoms with van der Waals surface area (Å²) in [6.07, 6.45) is 1.77. The van der Waals surface area contributed by atoms with Crippen molar-refractivity contribution in [3.63, 3.8) is 0 Å². The summed E-state index contributed by atoms with van der Waals surface area (Å²) in [4.78, 5) is 9.13. The van der Waals surface area contributed by atoms with Crippen LogP contribution < -0.4 is 16.4 Å². The highest BCUT2D eigenvalue weighted by molar-refractivity contribution is 5.89. The van der Waals surface area contributed by atoms with Gasteiger partial charge in [-0.25, -0.2) is 0 Å². The molecule has 0 saturated heterocycles. The first-order valence-corrected chi connectivity index (χ1v) is 8.81. The zero-order valence-electron chi connectivity index (χ0n) is 15.1. The smallest absolute Gasteiger partial charge is 0.226 e. The van der Waals surface area contributed by atoms with Crippen molar-refractivity contribution in [2.75, 3.05) is 23.7 Å². The molecule has 0 aliphatic heterocycles. The molecule has 27 heavy (non-hydrogen) atoms. The van der Waals surface area contributed by atoms with Crippen molar-refractivity contribution in [1.29, 1.82) is 0 Å². The molecule has 2 heterocycles. The van der Waals surface area contributed by atoms with Gasteiger partial charge in [-0.3, -0.25) is 4.68 Å². The zero-order valence-corrected chi connectivity index (χ0v) is 15.1. The molecular formula is C20H21N7. The molecule has 4 N–H and O–H groups in total. The van der Waals surface area contributed by atoms with Gasteiger partial charge in [-0.05, 0) is 23.3 Å². The summed E-state index contributed by atoms with van der Waals surface area (Å²) >= 11 is 0. The van der Waals surface area contributed by atoms with E-state index in [1.54, 1.807) is 10.9 Å². The fraction of sp³-hybridized carbons (Fsp3) is 0.150. The number of nitrogens with one attached hydrogen (secondary N) is 2. The van der Waals surface area contributed by atoms with Crippen molar-refractivity contribution in [3.8, 4) is 11.1 Å². The van der Waals surface area contributed by atoms with Crippen LogP contribution >= 0.6 is 0 Å². The fourth-order valence-electron chi connectivity index (χ4n) is 2.92. The number of rotatable bonds is 6. The van der Waals surface area contributed by atoms with Gasteiger partial charge in [0, 0.05) is 25.8 Å². The molecule has 136 valence electrons. The topological polar surface area (TPSA) is 93.7 Å². The molecule has 0 aliphatic rings. The summed E-state index contributed by atoms with van der Waals surface area (Å²) in [6.45, 7) is 1.11. The van der Waals surface area contributed by atoms with Crippen molar-refractivity contribution in [2.24, 2.45) is 12.8 Å². The van der Waals surface area contributed by atoms with Crippen molar-refractivity contribution in [2.45, 2.75) is 0 Å². The van der Waals surface area contributed by atoms with Crippen LogP contribution in [0.15, 0.2) is 60.8 Å². The lowest BCUT2D eigenvalue weighted by atomic mass is 10.1. The Balaban J connectivity index is 1.71. The third-order valence-corrected chi connectivity index (χ3v) is 4.25. The quantitative estimate of drug-likeness (QED) is 0.490. The highest BCUT2D eigenvalue weighted by Crippen LogP contribution is 2.27. The van der Waals surface area contributed by atoms with Crippen LogP contribution in [0.25, 0.3) is 22.2 Å². The molecule has 2 aromatic heterocycles. The van der Waals surface area contributed by atoms with Crippen LogP contribution in [0.3, 0.4) is 0 Å². The van der Waals surface area contributed by atoms with E-state index in [0.29, 0.717) is 24.9 Å². The number of anilines is 3. The number of nitrogens with zero attached hydrogens (tertiary/aromatic N) is 4. The molecule has 7 nitrogen and oxygen atoms in total. The minimum Gasteiger partial charge on any atom is -0.353 e. The molecule has 0 bridgehead atoms. The maximum atomic E-state index is 5.58. The molecule has 0 aliphatic carbocycles. The maximum Gasteiger partial charge on any atom is 0.226 e. The van der Waals surface area contributed by atoms with Crippen molar-refractivity contribution < 1.29 is 0 Å². The summed E-state index contributed by atoms with van der Waals surface area (Å²) < 4.78 is 1.73. The zero-order chi connectivity index (χ0) is 18.6. The molecule has 0 radical (unpaired) electrons. The highest BCUT2D eigenvalue weighted by atomic mass is 15.3. The van der Waals surface area contributed by atoms with E-state index in [1.807, 2.05) is 37.4 Å². The molecule has 7 heteroatoms. The first-order chi connectivity index (χ1) is 13.2. The van der Waals surface area contributed by atoms with E-state index < -0.39 is 0 Å². The molecule has 2 aromatic carbocycles. The van der Waals surface area contributed by atoms with E-state index in [2.05, 4.69) is 50.0 Å². The van der Waals surface area contributed by atoms with E-state index >= 15 is 0 Å². The normalized spacial score (nSPS) is 10.9. The van der Waals surface area contributed by atoms with Crippen LogP contribution in [0.4, 0.5) is 17.5 Å². The Kier molecular flexibility index (Phi) is 4.67. The largest absolute Gasteiger partial charge is 0.353 e. The van der Waals surface area contributed by atoms with Gasteiger partial charge in [-0.2, -0.15) is 15.1 Å². The first-order valence-electron chi connectivity index (χ1n) is 8.81. The molecule has 0 fully saturated rings. The molecule has 0 atom stereocenters. The van der Waals surface area contributed by atoms with E-state index in [-0.39, 0.29) is 0 Å². The summed E-state index contributed by atoms with van der Waals surface area (Å²) in [5.74, 6) is 1.23. The third kappa shape index (κ3) is 3.58. The van der Waals surface area contributed by atoms with Gasteiger partial charge in [0.1, 0.15) is 5.82 Å². The standard InChI is InChI=1S/C20H21N7/c1-27-19-17(13-23-27)18(25-20(26-19)22-11-10-21)24-16-9-5-8-15(12-16)14-6-3-2-4-7-14/h2-9,12-13H,10-11,21H2,1H3,(H2,22,24,25,26). The van der Waals surface area contributed by atoms with Crippen LogP contribution in [0.1, 0.15) is 0 Å². The predicted octanol–water partition coefficient (Wildman–Crippen LogP) is 3.14. The Labute approximate surface area is 157 Å². The number of aromatic nitrogens is 4. The van der Waals surface area contributed by atoms with Gasteiger partial charge >= 0.3 is 0 Å². The number of hydrogen-bond donors (Lipinski definition) is 3. The monoisotopic (exact) mass is 359 g/mol. The number of benzene rings is 2. The summed E-state index contributed by atoms with van der Waals surface area (Å²) in [5.41, 5.74) is 9.59. The van der Waals surface area contributed by atoms with Gasteiger partial charge in [0.05, 0.1) is 11.6 Å². The Morgan fingerprint density at radius 1 is 1.00 bits per heavy atom. The van der Waals surface area contributed by atoms with E-state index in [0.717, 1.165) is 22.3 Å². The van der Waals surface area contributed by atoms with Crippen LogP contribution in [0.5, 0.6) is 0 Å². The predicted molar refractivity (Wildman–Crippen MR) is 109 cm³/mol. The minimum absolute atomic E-state index is 0.509. The molecule has 0 spiro atoms. The van der Waals surface area contributed by atoms with Crippen molar-refractivity contribution >= 4 is 28.5 Å². The first kappa shape index (κ1) is 17.0. The Morgan fingerprint density at radius 2 is 1.81 bits per heavy atom. The Hall–Kier alpha value is -3.45. The van der Waals surface area contributed by atoms with Gasteiger partial charge in [-0.15, -0.1) is 0 Å². The van der Waals surface area contributed by atoms with Crippen molar-refractivity contribution in [1.82, 2.24) is 19.7 Å². The Bertz CT molecular complexity index is 1060. The number of aryl methyl sites for hydroxylation is 1. The lowest BCUT2D eigenvalue weighted by molar-refractivity contribution is 0.785. The fourth-order valence-corrected chi connectivity index (χ4v) is 2.92. The van der Waals surface area contributed by atoms with Gasteiger partial charge < -0.3 is 16.4 Å². The SMILES string of the molecule is Cn1ncc2c(Nc3cccc(-c4ccccc4)c3)nc(NCCN)nc21. The molecule has 0 amide bonds. The summed E-state index contributed by atoms with van der Waals surface area (Å²) in [5, 5.41) is 11.7. The van der Waals surface area contributed by atoms with E-state index in [4.69, 9.17) is 5.73 Å². The number of hydrogen-bond acceptors (Lipinski definition) is 6. The second-order valence-corrected chi connectivity index (χ2v) is 6.19. The highest BCUT2D eigenvalue weighted by Gasteiger charge is 2.12. The van der Waals surface area contributed by atoms with Crippen LogP contribution in [-0.2, 0) is 7.05 Å².